The average Bonchev–Trinajstić information content (AvgIpc) is 3.05. The van der Waals surface area contributed by atoms with E-state index in [0.29, 0.717) is 5.88 Å². The minimum Gasteiger partial charge on any atom is -0.305 e. The standard InChI is InChI=1S/C15H26ClN3S/c1-18(11-14-6-5-9-19(14)2)8-4-3-7-15-17-13(10-16)12-20-15/h12,14H,3-11H2,1-2H3. The van der Waals surface area contributed by atoms with Crippen LogP contribution in [-0.2, 0) is 12.3 Å². The van der Waals surface area contributed by atoms with Crippen LogP contribution in [0.4, 0.5) is 0 Å². The minimum absolute atomic E-state index is 0.536. The third-order valence-corrected chi connectivity index (χ3v) is 5.34. The average molecular weight is 316 g/mol. The third kappa shape index (κ3) is 4.99. The van der Waals surface area contributed by atoms with E-state index in [1.807, 2.05) is 0 Å². The molecule has 0 saturated carbocycles. The molecule has 0 amide bonds. The van der Waals surface area contributed by atoms with Crippen LogP contribution in [0, 0.1) is 0 Å². The van der Waals surface area contributed by atoms with Crippen molar-refractivity contribution in [2.24, 2.45) is 0 Å². The number of hydrogen-bond acceptors (Lipinski definition) is 4. The molecule has 0 aliphatic carbocycles. The molecule has 1 aromatic rings. The lowest BCUT2D eigenvalue weighted by Gasteiger charge is -2.25. The Morgan fingerprint density at radius 2 is 2.35 bits per heavy atom. The number of aromatic nitrogens is 1. The molecule has 1 aliphatic heterocycles. The van der Waals surface area contributed by atoms with E-state index in [-0.39, 0.29) is 0 Å². The lowest BCUT2D eigenvalue weighted by Crippen LogP contribution is -2.37. The summed E-state index contributed by atoms with van der Waals surface area (Å²) in [6.07, 6.45) is 6.30. The van der Waals surface area contributed by atoms with Gasteiger partial charge in [0.05, 0.1) is 16.6 Å². The lowest BCUT2D eigenvalue weighted by atomic mass is 10.2. The number of alkyl halides is 1. The fourth-order valence-corrected chi connectivity index (χ4v) is 3.91. The van der Waals surface area contributed by atoms with Crippen LogP contribution < -0.4 is 0 Å². The quantitative estimate of drug-likeness (QED) is 0.542. The summed E-state index contributed by atoms with van der Waals surface area (Å²) >= 11 is 7.51. The van der Waals surface area contributed by atoms with Crippen molar-refractivity contribution in [2.45, 2.75) is 44.0 Å². The summed E-state index contributed by atoms with van der Waals surface area (Å²) in [7, 11) is 4.50. The predicted octanol–water partition coefficient (Wildman–Crippen LogP) is 3.23. The molecule has 20 heavy (non-hydrogen) atoms. The number of unbranched alkanes of at least 4 members (excludes halogenated alkanes) is 1. The Labute approximate surface area is 131 Å². The highest BCUT2D eigenvalue weighted by Crippen LogP contribution is 2.16. The van der Waals surface area contributed by atoms with Crippen molar-refractivity contribution in [2.75, 3.05) is 33.7 Å². The van der Waals surface area contributed by atoms with Crippen molar-refractivity contribution in [3.63, 3.8) is 0 Å². The van der Waals surface area contributed by atoms with Crippen molar-refractivity contribution in [1.29, 1.82) is 0 Å². The van der Waals surface area contributed by atoms with Gasteiger partial charge in [-0.1, -0.05) is 0 Å². The summed E-state index contributed by atoms with van der Waals surface area (Å²) in [6.45, 7) is 3.67. The van der Waals surface area contributed by atoms with Crippen molar-refractivity contribution in [1.82, 2.24) is 14.8 Å². The topological polar surface area (TPSA) is 19.4 Å². The summed E-state index contributed by atoms with van der Waals surface area (Å²) in [5, 5.41) is 3.31. The Balaban J connectivity index is 1.58. The van der Waals surface area contributed by atoms with E-state index in [4.69, 9.17) is 11.6 Å². The molecule has 1 unspecified atom stereocenters. The van der Waals surface area contributed by atoms with Gasteiger partial charge < -0.3 is 9.80 Å². The largest absolute Gasteiger partial charge is 0.305 e. The van der Waals surface area contributed by atoms with E-state index in [9.17, 15) is 0 Å². The van der Waals surface area contributed by atoms with E-state index in [0.717, 1.165) is 18.2 Å². The highest BCUT2D eigenvalue weighted by atomic mass is 35.5. The van der Waals surface area contributed by atoms with Crippen LogP contribution in [-0.4, -0.2) is 54.6 Å². The summed E-state index contributed by atoms with van der Waals surface area (Å²) < 4.78 is 0. The van der Waals surface area contributed by atoms with Gasteiger partial charge in [-0.05, 0) is 59.3 Å². The van der Waals surface area contributed by atoms with E-state index in [1.54, 1.807) is 11.3 Å². The van der Waals surface area contributed by atoms with Crippen LogP contribution in [0.2, 0.25) is 0 Å². The highest BCUT2D eigenvalue weighted by molar-refractivity contribution is 7.09. The molecule has 114 valence electrons. The van der Waals surface area contributed by atoms with Gasteiger partial charge in [-0.2, -0.15) is 0 Å². The monoisotopic (exact) mass is 315 g/mol. The first kappa shape index (κ1) is 16.2. The number of aryl methyl sites for hydroxylation is 1. The Hall–Kier alpha value is -0.160. The van der Waals surface area contributed by atoms with E-state index >= 15 is 0 Å². The van der Waals surface area contributed by atoms with E-state index in [1.165, 1.54) is 50.3 Å². The van der Waals surface area contributed by atoms with Gasteiger partial charge in [-0.25, -0.2) is 4.98 Å². The van der Waals surface area contributed by atoms with Gasteiger partial charge in [0.15, 0.2) is 0 Å². The number of likely N-dealkylation sites (N-methyl/N-ethyl adjacent to an activating group) is 2. The van der Waals surface area contributed by atoms with Crippen LogP contribution in [0.5, 0.6) is 0 Å². The van der Waals surface area contributed by atoms with Crippen molar-refractivity contribution in [3.8, 4) is 0 Å². The molecule has 1 atom stereocenters. The summed E-state index contributed by atoms with van der Waals surface area (Å²) in [4.78, 5) is 9.49. The normalized spacial score (nSPS) is 20.1. The number of halogens is 1. The zero-order valence-corrected chi connectivity index (χ0v) is 14.2. The van der Waals surface area contributed by atoms with Gasteiger partial charge in [0, 0.05) is 18.0 Å². The molecule has 2 rings (SSSR count). The van der Waals surface area contributed by atoms with Gasteiger partial charge in [0.1, 0.15) is 0 Å². The molecule has 1 aliphatic rings. The maximum absolute atomic E-state index is 5.77. The van der Waals surface area contributed by atoms with Gasteiger partial charge in [0.25, 0.3) is 0 Å². The summed E-state index contributed by atoms with van der Waals surface area (Å²) in [5.41, 5.74) is 1.02. The third-order valence-electron chi connectivity index (χ3n) is 4.11. The van der Waals surface area contributed by atoms with E-state index < -0.39 is 0 Å². The van der Waals surface area contributed by atoms with Crippen LogP contribution in [0.3, 0.4) is 0 Å². The number of nitrogens with zero attached hydrogens (tertiary/aromatic N) is 3. The predicted molar refractivity (Wildman–Crippen MR) is 87.8 cm³/mol. The first-order valence-electron chi connectivity index (χ1n) is 7.57. The molecule has 1 fully saturated rings. The molecule has 0 aromatic carbocycles. The second-order valence-corrected chi connectivity index (χ2v) is 7.07. The fourth-order valence-electron chi connectivity index (χ4n) is 2.84. The van der Waals surface area contributed by atoms with Gasteiger partial charge in [0.2, 0.25) is 0 Å². The molecular weight excluding hydrogens is 290 g/mol. The number of rotatable bonds is 8. The zero-order valence-electron chi connectivity index (χ0n) is 12.6. The Morgan fingerprint density at radius 3 is 3.00 bits per heavy atom. The Bertz CT molecular complexity index is 396. The summed E-state index contributed by atoms with van der Waals surface area (Å²) in [5.74, 6) is 0.536. The molecule has 0 spiro atoms. The second kappa shape index (κ2) is 8.32. The second-order valence-electron chi connectivity index (χ2n) is 5.86. The SMILES string of the molecule is CN(CCCCc1nc(CCl)cs1)CC1CCCN1C. The summed E-state index contributed by atoms with van der Waals surface area (Å²) in [6, 6.07) is 0.769. The highest BCUT2D eigenvalue weighted by Gasteiger charge is 2.21. The van der Waals surface area contributed by atoms with Crippen LogP contribution in [0.15, 0.2) is 5.38 Å². The first-order valence-corrected chi connectivity index (χ1v) is 8.98. The number of thiazole rings is 1. The molecule has 2 heterocycles. The first-order chi connectivity index (χ1) is 9.69. The van der Waals surface area contributed by atoms with Crippen LogP contribution in [0.25, 0.3) is 0 Å². The molecule has 0 bridgehead atoms. The Kier molecular flexibility index (Phi) is 6.75. The number of likely N-dealkylation sites (tertiary alicyclic amines) is 1. The van der Waals surface area contributed by atoms with Crippen LogP contribution in [0.1, 0.15) is 36.4 Å². The van der Waals surface area contributed by atoms with Gasteiger partial charge >= 0.3 is 0 Å². The molecule has 1 saturated heterocycles. The van der Waals surface area contributed by atoms with E-state index in [2.05, 4.69) is 34.3 Å². The van der Waals surface area contributed by atoms with Crippen molar-refractivity contribution < 1.29 is 0 Å². The van der Waals surface area contributed by atoms with Gasteiger partial charge in [-0.3, -0.25) is 0 Å². The smallest absolute Gasteiger partial charge is 0.0928 e. The van der Waals surface area contributed by atoms with Gasteiger partial charge in [-0.15, -0.1) is 22.9 Å². The fraction of sp³-hybridized carbons (Fsp3) is 0.800. The zero-order chi connectivity index (χ0) is 14.4. The molecule has 5 heteroatoms. The molecule has 3 nitrogen and oxygen atoms in total. The molecular formula is C15H26ClN3S. The van der Waals surface area contributed by atoms with Crippen LogP contribution >= 0.6 is 22.9 Å². The molecule has 0 radical (unpaired) electrons. The molecule has 0 N–H and O–H groups in total. The number of hydrogen-bond donors (Lipinski definition) is 0. The maximum Gasteiger partial charge on any atom is 0.0928 e. The lowest BCUT2D eigenvalue weighted by molar-refractivity contribution is 0.218. The minimum atomic E-state index is 0.536. The maximum atomic E-state index is 5.77. The van der Waals surface area contributed by atoms with Crippen molar-refractivity contribution in [3.05, 3.63) is 16.1 Å². The molecule has 1 aromatic heterocycles. The Morgan fingerprint density at radius 1 is 1.50 bits per heavy atom. The van der Waals surface area contributed by atoms with Crippen molar-refractivity contribution >= 4 is 22.9 Å².